The maximum atomic E-state index is 13.1. The van der Waals surface area contributed by atoms with Crippen LogP contribution in [0.1, 0.15) is 35.0 Å². The van der Waals surface area contributed by atoms with E-state index in [0.717, 1.165) is 4.68 Å². The molecule has 14 heteroatoms. The molecular weight excluding hydrogens is 441 g/mol. The van der Waals surface area contributed by atoms with E-state index in [1.165, 1.54) is 31.1 Å². The van der Waals surface area contributed by atoms with E-state index in [1.807, 2.05) is 0 Å². The third-order valence-electron chi connectivity index (χ3n) is 4.73. The van der Waals surface area contributed by atoms with Crippen LogP contribution in [0.25, 0.3) is 11.4 Å². The second-order valence-electron chi connectivity index (χ2n) is 7.30. The number of alkyl halides is 5. The fourth-order valence-corrected chi connectivity index (χ4v) is 3.08. The largest absolute Gasteiger partial charge is 0.435 e. The fraction of sp³-hybridized carbons (Fsp3) is 0.389. The number of halogens is 5. The van der Waals surface area contributed by atoms with Gasteiger partial charge in [-0.1, -0.05) is 5.16 Å². The molecule has 0 bridgehead atoms. The first-order valence-corrected chi connectivity index (χ1v) is 9.28. The van der Waals surface area contributed by atoms with Gasteiger partial charge in [-0.05, 0) is 19.1 Å². The number of aromatic nitrogens is 5. The normalized spacial score (nSPS) is 16.5. The Balaban J connectivity index is 1.46. The fourth-order valence-electron chi connectivity index (χ4n) is 3.08. The Morgan fingerprint density at radius 2 is 2.00 bits per heavy atom. The lowest BCUT2D eigenvalue weighted by Crippen LogP contribution is -2.56. The molecule has 9 nitrogen and oxygen atoms in total. The molecule has 4 heterocycles. The van der Waals surface area contributed by atoms with Gasteiger partial charge in [-0.25, -0.2) is 13.8 Å². The summed E-state index contributed by atoms with van der Waals surface area (Å²) in [6, 6.07) is 2.90. The predicted molar refractivity (Wildman–Crippen MR) is 98.8 cm³/mol. The Kier molecular flexibility index (Phi) is 5.09. The quantitative estimate of drug-likeness (QED) is 0.588. The van der Waals surface area contributed by atoms with Crippen LogP contribution in [0.3, 0.4) is 0 Å². The molecule has 4 rings (SSSR count). The van der Waals surface area contributed by atoms with Crippen LogP contribution >= 0.6 is 0 Å². The van der Waals surface area contributed by atoms with Crippen molar-refractivity contribution in [3.63, 3.8) is 0 Å². The highest BCUT2D eigenvalue weighted by Crippen LogP contribution is 2.32. The van der Waals surface area contributed by atoms with Gasteiger partial charge >= 0.3 is 6.18 Å². The van der Waals surface area contributed by atoms with Gasteiger partial charge in [-0.2, -0.15) is 23.3 Å². The van der Waals surface area contributed by atoms with Crippen LogP contribution in [0.2, 0.25) is 0 Å². The number of amides is 1. The summed E-state index contributed by atoms with van der Waals surface area (Å²) in [6.45, 7) is 0.637. The maximum absolute atomic E-state index is 13.1. The summed E-state index contributed by atoms with van der Waals surface area (Å²) in [5.41, 5.74) is -1.03. The average molecular weight is 457 g/mol. The first kappa shape index (κ1) is 21.6. The highest BCUT2D eigenvalue weighted by atomic mass is 19.4. The molecular formula is C18H16F5N7O2. The van der Waals surface area contributed by atoms with Crippen molar-refractivity contribution < 1.29 is 31.3 Å². The van der Waals surface area contributed by atoms with Crippen molar-refractivity contribution in [1.82, 2.24) is 30.2 Å². The molecule has 1 amide bonds. The summed E-state index contributed by atoms with van der Waals surface area (Å²) in [4.78, 5) is 22.0. The van der Waals surface area contributed by atoms with Crippen molar-refractivity contribution in [3.05, 3.63) is 41.7 Å². The minimum absolute atomic E-state index is 0.000379. The van der Waals surface area contributed by atoms with Gasteiger partial charge in [0.15, 0.2) is 5.69 Å². The molecule has 1 fully saturated rings. The van der Waals surface area contributed by atoms with Crippen LogP contribution in [0, 0.1) is 0 Å². The van der Waals surface area contributed by atoms with Crippen LogP contribution in [0.5, 0.6) is 0 Å². The van der Waals surface area contributed by atoms with Gasteiger partial charge in [0, 0.05) is 24.9 Å². The number of nitrogens with one attached hydrogen (secondary N) is 1. The zero-order valence-corrected chi connectivity index (χ0v) is 16.7. The van der Waals surface area contributed by atoms with E-state index in [0.29, 0.717) is 17.4 Å². The van der Waals surface area contributed by atoms with Crippen LogP contribution in [-0.2, 0) is 13.2 Å². The minimum atomic E-state index is -4.68. The molecule has 1 atom stereocenters. The number of hydrogen-bond donors (Lipinski definition) is 1. The number of rotatable bonds is 5. The number of pyridine rings is 1. The molecule has 1 unspecified atom stereocenters. The van der Waals surface area contributed by atoms with Crippen LogP contribution in [0.15, 0.2) is 28.9 Å². The third-order valence-corrected chi connectivity index (χ3v) is 4.73. The molecule has 32 heavy (non-hydrogen) atoms. The minimum Gasteiger partial charge on any atom is -0.344 e. The van der Waals surface area contributed by atoms with E-state index in [9.17, 15) is 26.7 Å². The number of carbonyl (C=O) groups excluding carboxylic acids is 1. The predicted octanol–water partition coefficient (Wildman–Crippen LogP) is 2.83. The smallest absolute Gasteiger partial charge is 0.344 e. The van der Waals surface area contributed by atoms with E-state index in [1.54, 1.807) is 6.07 Å². The Morgan fingerprint density at radius 3 is 2.62 bits per heavy atom. The third kappa shape index (κ3) is 4.24. The van der Waals surface area contributed by atoms with Crippen LogP contribution < -0.4 is 10.2 Å². The highest BCUT2D eigenvalue weighted by Gasteiger charge is 2.44. The van der Waals surface area contributed by atoms with Crippen molar-refractivity contribution in [2.75, 3.05) is 18.0 Å². The van der Waals surface area contributed by atoms with Gasteiger partial charge in [0.2, 0.25) is 11.7 Å². The van der Waals surface area contributed by atoms with Gasteiger partial charge in [-0.3, -0.25) is 9.48 Å². The first-order valence-electron chi connectivity index (χ1n) is 9.28. The Morgan fingerprint density at radius 1 is 1.28 bits per heavy atom. The topological polar surface area (TPSA) is 102 Å². The number of anilines is 1. The molecule has 0 radical (unpaired) electrons. The molecule has 1 N–H and O–H groups in total. The number of nitrogens with zero attached hydrogens (tertiary/aromatic N) is 6. The molecule has 170 valence electrons. The standard InChI is InChI=1S/C18H16F5N7O2/c1-9(25-15(31)11-6-12(18(21,22)23)27-29(11)2)16-26-14(28-32-16)10-3-4-24-13(5-10)30-7-17(19,20)8-30/h3-6,9H,7-8H2,1-2H3,(H,25,31). The Labute approximate surface area is 177 Å². The van der Waals surface area contributed by atoms with Gasteiger partial charge < -0.3 is 14.7 Å². The number of hydrogen-bond acceptors (Lipinski definition) is 7. The van der Waals surface area contributed by atoms with Gasteiger partial charge in [0.05, 0.1) is 13.1 Å². The number of carbonyl (C=O) groups is 1. The zero-order chi connectivity index (χ0) is 23.3. The second-order valence-corrected chi connectivity index (χ2v) is 7.30. The van der Waals surface area contributed by atoms with Gasteiger partial charge in [-0.15, -0.1) is 0 Å². The molecule has 3 aromatic heterocycles. The van der Waals surface area contributed by atoms with E-state index in [2.05, 4.69) is 25.5 Å². The molecule has 1 aliphatic heterocycles. The van der Waals surface area contributed by atoms with Gasteiger partial charge in [0.1, 0.15) is 17.6 Å². The lowest BCUT2D eigenvalue weighted by molar-refractivity contribution is -0.141. The van der Waals surface area contributed by atoms with Crippen molar-refractivity contribution in [2.24, 2.45) is 7.05 Å². The van der Waals surface area contributed by atoms with Crippen molar-refractivity contribution in [3.8, 4) is 11.4 Å². The van der Waals surface area contributed by atoms with Gasteiger partial charge in [0.25, 0.3) is 11.8 Å². The zero-order valence-electron chi connectivity index (χ0n) is 16.7. The Hall–Kier alpha value is -3.58. The van der Waals surface area contributed by atoms with E-state index in [-0.39, 0.29) is 17.4 Å². The van der Waals surface area contributed by atoms with E-state index < -0.39 is 42.8 Å². The van der Waals surface area contributed by atoms with Crippen molar-refractivity contribution >= 4 is 11.7 Å². The lowest BCUT2D eigenvalue weighted by Gasteiger charge is -2.39. The number of aryl methyl sites for hydroxylation is 1. The molecule has 0 saturated carbocycles. The molecule has 0 aliphatic carbocycles. The average Bonchev–Trinajstić information content (AvgIpc) is 3.33. The van der Waals surface area contributed by atoms with Crippen LogP contribution in [-0.4, -0.2) is 49.8 Å². The SMILES string of the molecule is CC(NC(=O)c1cc(C(F)(F)F)nn1C)c1nc(-c2ccnc(N3CC(F)(F)C3)c2)no1. The van der Waals surface area contributed by atoms with E-state index in [4.69, 9.17) is 4.52 Å². The monoisotopic (exact) mass is 457 g/mol. The Bertz CT molecular complexity index is 1150. The van der Waals surface area contributed by atoms with Crippen molar-refractivity contribution in [1.29, 1.82) is 0 Å². The summed E-state index contributed by atoms with van der Waals surface area (Å²) in [5, 5.41) is 9.58. The second kappa shape index (κ2) is 7.53. The molecule has 0 aromatic carbocycles. The molecule has 1 saturated heterocycles. The summed E-state index contributed by atoms with van der Waals surface area (Å²) in [5.74, 6) is -3.10. The highest BCUT2D eigenvalue weighted by molar-refractivity contribution is 5.92. The summed E-state index contributed by atoms with van der Waals surface area (Å²) >= 11 is 0. The maximum Gasteiger partial charge on any atom is 0.435 e. The molecule has 1 aliphatic rings. The lowest BCUT2D eigenvalue weighted by atomic mass is 10.1. The molecule has 3 aromatic rings. The molecule has 0 spiro atoms. The van der Waals surface area contributed by atoms with E-state index >= 15 is 0 Å². The summed E-state index contributed by atoms with van der Waals surface area (Å²) in [7, 11) is 1.22. The first-order chi connectivity index (χ1) is 14.9. The van der Waals surface area contributed by atoms with Crippen molar-refractivity contribution in [2.45, 2.75) is 25.1 Å². The van der Waals surface area contributed by atoms with Crippen LogP contribution in [0.4, 0.5) is 27.8 Å². The summed E-state index contributed by atoms with van der Waals surface area (Å²) in [6.07, 6.45) is -3.26. The summed E-state index contributed by atoms with van der Waals surface area (Å²) < 4.78 is 70.5.